The number of benzene rings is 1. The number of nitrogens with zero attached hydrogens (tertiary/aromatic N) is 2. The van der Waals surface area contributed by atoms with Crippen LogP contribution >= 0.6 is 0 Å². The van der Waals surface area contributed by atoms with Gasteiger partial charge < -0.3 is 4.57 Å². The Labute approximate surface area is 107 Å². The largest absolute Gasteiger partial charge is 0.324 e. The van der Waals surface area contributed by atoms with Crippen molar-refractivity contribution < 1.29 is 4.79 Å². The van der Waals surface area contributed by atoms with Crippen molar-refractivity contribution in [2.24, 2.45) is 5.41 Å². The van der Waals surface area contributed by atoms with Crippen LogP contribution in [-0.2, 0) is 11.3 Å². The van der Waals surface area contributed by atoms with Gasteiger partial charge in [-0.3, -0.25) is 4.79 Å². The Kier molecular flexibility index (Phi) is 3.32. The van der Waals surface area contributed by atoms with Crippen LogP contribution in [0.5, 0.6) is 0 Å². The Bertz CT molecular complexity index is 535. The zero-order chi connectivity index (χ0) is 13.2. The molecule has 1 heterocycles. The SMILES string of the molecule is CC(C)(C)C(=O)Cn1ccnc1-c1ccccc1. The van der Waals surface area contributed by atoms with Crippen molar-refractivity contribution in [1.82, 2.24) is 9.55 Å². The van der Waals surface area contributed by atoms with Crippen molar-refractivity contribution in [3.8, 4) is 11.4 Å². The molecule has 3 nitrogen and oxygen atoms in total. The van der Waals surface area contributed by atoms with Crippen molar-refractivity contribution >= 4 is 5.78 Å². The number of carbonyl (C=O) groups is 1. The lowest BCUT2D eigenvalue weighted by atomic mass is 9.91. The van der Waals surface area contributed by atoms with Gasteiger partial charge in [-0.25, -0.2) is 4.98 Å². The lowest BCUT2D eigenvalue weighted by Gasteiger charge is -2.17. The highest BCUT2D eigenvalue weighted by Gasteiger charge is 2.22. The summed E-state index contributed by atoms with van der Waals surface area (Å²) in [5.41, 5.74) is 0.710. The summed E-state index contributed by atoms with van der Waals surface area (Å²) in [6.07, 6.45) is 3.59. The zero-order valence-corrected chi connectivity index (χ0v) is 11.1. The van der Waals surface area contributed by atoms with E-state index in [0.29, 0.717) is 6.54 Å². The molecule has 0 fully saturated rings. The monoisotopic (exact) mass is 242 g/mol. The molecule has 0 amide bonds. The molecule has 18 heavy (non-hydrogen) atoms. The molecule has 2 aromatic rings. The summed E-state index contributed by atoms with van der Waals surface area (Å²) in [4.78, 5) is 16.4. The summed E-state index contributed by atoms with van der Waals surface area (Å²) >= 11 is 0. The summed E-state index contributed by atoms with van der Waals surface area (Å²) < 4.78 is 1.91. The minimum absolute atomic E-state index is 0.206. The number of hydrogen-bond acceptors (Lipinski definition) is 2. The van der Waals surface area contributed by atoms with Crippen LogP contribution in [0.4, 0.5) is 0 Å². The van der Waals surface area contributed by atoms with Crippen LogP contribution in [0, 0.1) is 5.41 Å². The molecule has 0 N–H and O–H groups in total. The smallest absolute Gasteiger partial charge is 0.157 e. The Hall–Kier alpha value is -1.90. The first-order valence-corrected chi connectivity index (χ1v) is 6.08. The van der Waals surface area contributed by atoms with Crippen molar-refractivity contribution in [2.45, 2.75) is 27.3 Å². The highest BCUT2D eigenvalue weighted by molar-refractivity contribution is 5.83. The molecule has 3 heteroatoms. The highest BCUT2D eigenvalue weighted by Crippen LogP contribution is 2.20. The lowest BCUT2D eigenvalue weighted by Crippen LogP contribution is -2.25. The van der Waals surface area contributed by atoms with Crippen molar-refractivity contribution in [2.75, 3.05) is 0 Å². The number of rotatable bonds is 3. The molecule has 0 saturated heterocycles. The Morgan fingerprint density at radius 2 is 1.89 bits per heavy atom. The lowest BCUT2D eigenvalue weighted by molar-refractivity contribution is -0.126. The van der Waals surface area contributed by atoms with E-state index >= 15 is 0 Å². The van der Waals surface area contributed by atoms with Crippen LogP contribution in [0.25, 0.3) is 11.4 Å². The van der Waals surface area contributed by atoms with Crippen LogP contribution in [0.1, 0.15) is 20.8 Å². The van der Waals surface area contributed by atoms with E-state index < -0.39 is 0 Å². The van der Waals surface area contributed by atoms with Gasteiger partial charge in [0.15, 0.2) is 5.78 Å². The van der Waals surface area contributed by atoms with E-state index in [1.54, 1.807) is 6.20 Å². The molecule has 1 aromatic carbocycles. The molecule has 0 radical (unpaired) electrons. The zero-order valence-electron chi connectivity index (χ0n) is 11.1. The maximum Gasteiger partial charge on any atom is 0.157 e. The van der Waals surface area contributed by atoms with Crippen LogP contribution in [0.2, 0.25) is 0 Å². The first-order chi connectivity index (χ1) is 8.48. The first kappa shape index (κ1) is 12.6. The molecule has 94 valence electrons. The second-order valence-electron chi connectivity index (χ2n) is 5.42. The van der Waals surface area contributed by atoms with Gasteiger partial charge in [0.2, 0.25) is 0 Å². The van der Waals surface area contributed by atoms with Gasteiger partial charge in [-0.15, -0.1) is 0 Å². The number of hydrogen-bond donors (Lipinski definition) is 0. The molecule has 0 saturated carbocycles. The average molecular weight is 242 g/mol. The number of carbonyl (C=O) groups excluding carboxylic acids is 1. The summed E-state index contributed by atoms with van der Waals surface area (Å²) in [5, 5.41) is 0. The molecular formula is C15H18N2O. The molecule has 2 rings (SSSR count). The van der Waals surface area contributed by atoms with Crippen molar-refractivity contribution in [3.63, 3.8) is 0 Å². The molecule has 0 bridgehead atoms. The molecule has 0 aliphatic carbocycles. The van der Waals surface area contributed by atoms with Crippen LogP contribution < -0.4 is 0 Å². The second-order valence-corrected chi connectivity index (χ2v) is 5.42. The van der Waals surface area contributed by atoms with Crippen LogP contribution in [-0.4, -0.2) is 15.3 Å². The predicted octanol–water partition coefficient (Wildman–Crippen LogP) is 3.17. The van der Waals surface area contributed by atoms with Gasteiger partial charge in [-0.1, -0.05) is 51.1 Å². The normalized spacial score (nSPS) is 11.5. The Balaban J connectivity index is 2.27. The molecule has 1 aromatic heterocycles. The summed E-state index contributed by atoms with van der Waals surface area (Å²) in [6, 6.07) is 9.91. The Morgan fingerprint density at radius 1 is 1.22 bits per heavy atom. The minimum atomic E-state index is -0.321. The quantitative estimate of drug-likeness (QED) is 0.828. The molecule has 0 unspecified atom stereocenters. The topological polar surface area (TPSA) is 34.9 Å². The molecule has 0 aliphatic heterocycles. The maximum atomic E-state index is 12.1. The van der Waals surface area contributed by atoms with Crippen molar-refractivity contribution in [1.29, 1.82) is 0 Å². The molecule has 0 spiro atoms. The van der Waals surface area contributed by atoms with E-state index in [2.05, 4.69) is 4.98 Å². The minimum Gasteiger partial charge on any atom is -0.324 e. The van der Waals surface area contributed by atoms with Crippen molar-refractivity contribution in [3.05, 3.63) is 42.7 Å². The fourth-order valence-corrected chi connectivity index (χ4v) is 1.68. The summed E-state index contributed by atoms with van der Waals surface area (Å²) in [6.45, 7) is 6.19. The van der Waals surface area contributed by atoms with Gasteiger partial charge in [-0.05, 0) is 0 Å². The third kappa shape index (κ3) is 2.67. The third-order valence-corrected chi connectivity index (χ3v) is 2.90. The van der Waals surface area contributed by atoms with E-state index in [1.165, 1.54) is 0 Å². The molecule has 0 atom stereocenters. The standard InChI is InChI=1S/C15H18N2O/c1-15(2,3)13(18)11-17-10-9-16-14(17)12-7-5-4-6-8-12/h4-10H,11H2,1-3H3. The number of Topliss-reactive ketones (excluding diaryl/α,β-unsaturated/α-hetero) is 1. The Morgan fingerprint density at radius 3 is 2.50 bits per heavy atom. The fraction of sp³-hybridized carbons (Fsp3) is 0.333. The van der Waals surface area contributed by atoms with E-state index in [4.69, 9.17) is 0 Å². The number of ketones is 1. The average Bonchev–Trinajstić information content (AvgIpc) is 2.77. The van der Waals surface area contributed by atoms with Gasteiger partial charge in [0.1, 0.15) is 5.82 Å². The van der Waals surface area contributed by atoms with Gasteiger partial charge in [-0.2, -0.15) is 0 Å². The maximum absolute atomic E-state index is 12.1. The third-order valence-electron chi connectivity index (χ3n) is 2.90. The van der Waals surface area contributed by atoms with E-state index in [9.17, 15) is 4.79 Å². The molecular weight excluding hydrogens is 224 g/mol. The summed E-state index contributed by atoms with van der Waals surface area (Å²) in [5.74, 6) is 1.05. The predicted molar refractivity (Wildman–Crippen MR) is 72.1 cm³/mol. The van der Waals surface area contributed by atoms with E-state index in [-0.39, 0.29) is 11.2 Å². The van der Waals surface area contributed by atoms with Gasteiger partial charge in [0.05, 0.1) is 6.54 Å². The molecule has 0 aliphatic rings. The van der Waals surface area contributed by atoms with E-state index in [1.807, 2.05) is 61.9 Å². The van der Waals surface area contributed by atoms with Gasteiger partial charge >= 0.3 is 0 Å². The van der Waals surface area contributed by atoms with Gasteiger partial charge in [0.25, 0.3) is 0 Å². The van der Waals surface area contributed by atoms with Crippen LogP contribution in [0.3, 0.4) is 0 Å². The number of imidazole rings is 1. The second kappa shape index (κ2) is 4.77. The fourth-order valence-electron chi connectivity index (χ4n) is 1.68. The van der Waals surface area contributed by atoms with Gasteiger partial charge in [0, 0.05) is 23.4 Å². The van der Waals surface area contributed by atoms with Crippen LogP contribution in [0.15, 0.2) is 42.7 Å². The number of aromatic nitrogens is 2. The first-order valence-electron chi connectivity index (χ1n) is 6.08. The highest BCUT2D eigenvalue weighted by atomic mass is 16.1. The summed E-state index contributed by atoms with van der Waals surface area (Å²) in [7, 11) is 0. The van der Waals surface area contributed by atoms with E-state index in [0.717, 1.165) is 11.4 Å².